The van der Waals surface area contributed by atoms with E-state index in [1.54, 1.807) is 4.57 Å². The van der Waals surface area contributed by atoms with Gasteiger partial charge < -0.3 is 44.7 Å². The van der Waals surface area contributed by atoms with E-state index in [2.05, 4.69) is 27.1 Å². The van der Waals surface area contributed by atoms with Gasteiger partial charge in [-0.15, -0.1) is 0 Å². The molecule has 1 saturated heterocycles. The Kier molecular flexibility index (Phi) is 7.87. The maximum absolute atomic E-state index is 10.5. The van der Waals surface area contributed by atoms with Crippen molar-refractivity contribution >= 4 is 28.2 Å². The molecule has 30 heavy (non-hydrogen) atoms. The highest BCUT2D eigenvalue weighted by atomic mass is 127. The molecule has 5 atom stereocenters. The average Bonchev–Trinajstić information content (AvgIpc) is 3.28. The third-order valence-corrected chi connectivity index (χ3v) is 6.27. The topological polar surface area (TPSA) is 129 Å². The first-order chi connectivity index (χ1) is 14.0. The largest absolute Gasteiger partial charge is 1.00 e. The van der Waals surface area contributed by atoms with Crippen LogP contribution < -0.4 is 29.7 Å². The number of nitrogens with zero attached hydrogens (tertiary/aromatic N) is 4. The van der Waals surface area contributed by atoms with E-state index in [0.717, 1.165) is 12.2 Å². The van der Waals surface area contributed by atoms with Crippen LogP contribution in [0.25, 0.3) is 11.2 Å². The average molecular weight is 545 g/mol. The molecule has 9 nitrogen and oxygen atoms in total. The summed E-state index contributed by atoms with van der Waals surface area (Å²) in [6, 6.07) is 10.2. The molecular formula is C19H24IN5O4S. The van der Waals surface area contributed by atoms with Gasteiger partial charge in [-0.1, -0.05) is 30.3 Å². The lowest BCUT2D eigenvalue weighted by Crippen LogP contribution is -3.00. The minimum Gasteiger partial charge on any atom is -1.00 e. The Balaban J connectivity index is 0.00000256. The number of anilines is 1. The summed E-state index contributed by atoms with van der Waals surface area (Å²) in [6.07, 6.45) is 2.03. The van der Waals surface area contributed by atoms with E-state index in [1.807, 2.05) is 24.5 Å². The molecule has 1 aliphatic heterocycles. The quantitative estimate of drug-likeness (QED) is 0.219. The number of aliphatic hydroxyl groups excluding tert-OH is 2. The molecule has 1 fully saturated rings. The number of nitrogens with two attached hydrogens (primary N) is 1. The SMILES string of the molecule is C[S+](CCc1ccccc1)OC[C@H]1O[C@@H](n2cnc3c(N)ncnc32)[C@H](O)[C@@H]1O.[I-]. The van der Waals surface area contributed by atoms with Crippen LogP contribution in [-0.4, -0.2) is 66.7 Å². The van der Waals surface area contributed by atoms with Crippen molar-refractivity contribution in [3.63, 3.8) is 0 Å². The summed E-state index contributed by atoms with van der Waals surface area (Å²) in [6.45, 7) is 0.187. The number of aliphatic hydroxyl groups is 2. The van der Waals surface area contributed by atoms with E-state index in [4.69, 9.17) is 14.7 Å². The van der Waals surface area contributed by atoms with Crippen molar-refractivity contribution in [3.8, 4) is 0 Å². The molecule has 0 aliphatic carbocycles. The fourth-order valence-corrected chi connectivity index (χ4v) is 4.31. The van der Waals surface area contributed by atoms with Crippen LogP contribution in [0, 0.1) is 0 Å². The van der Waals surface area contributed by atoms with Gasteiger partial charge in [0.15, 0.2) is 17.7 Å². The van der Waals surface area contributed by atoms with Crippen LogP contribution in [0.5, 0.6) is 0 Å². The number of nitrogen functional groups attached to an aromatic ring is 1. The number of ether oxygens (including phenoxy) is 1. The van der Waals surface area contributed by atoms with Crippen molar-refractivity contribution in [3.05, 3.63) is 48.5 Å². The molecule has 0 bridgehead atoms. The van der Waals surface area contributed by atoms with Gasteiger partial charge in [0.05, 0.1) is 6.33 Å². The summed E-state index contributed by atoms with van der Waals surface area (Å²) in [5, 5.41) is 20.9. The van der Waals surface area contributed by atoms with Gasteiger partial charge in [0.25, 0.3) is 0 Å². The number of halogens is 1. The van der Waals surface area contributed by atoms with Crippen molar-refractivity contribution in [1.82, 2.24) is 19.5 Å². The van der Waals surface area contributed by atoms with Crippen molar-refractivity contribution in [2.24, 2.45) is 0 Å². The first-order valence-electron chi connectivity index (χ1n) is 9.29. The molecule has 0 amide bonds. The predicted octanol–water partition coefficient (Wildman–Crippen LogP) is -2.55. The highest BCUT2D eigenvalue weighted by Gasteiger charge is 2.45. The molecule has 3 heterocycles. The molecule has 11 heteroatoms. The molecule has 0 saturated carbocycles. The Labute approximate surface area is 194 Å². The minimum absolute atomic E-state index is 0. The van der Waals surface area contributed by atoms with Gasteiger partial charge in [-0.05, 0) is 5.56 Å². The maximum atomic E-state index is 10.5. The third kappa shape index (κ3) is 4.86. The zero-order chi connectivity index (χ0) is 20.4. The van der Waals surface area contributed by atoms with E-state index in [9.17, 15) is 10.2 Å². The smallest absolute Gasteiger partial charge is 0.167 e. The molecule has 3 aromatic rings. The monoisotopic (exact) mass is 545 g/mol. The van der Waals surface area contributed by atoms with Crippen molar-refractivity contribution in [2.45, 2.75) is 31.0 Å². The van der Waals surface area contributed by atoms with Crippen molar-refractivity contribution in [2.75, 3.05) is 24.3 Å². The fourth-order valence-electron chi connectivity index (χ4n) is 3.30. The summed E-state index contributed by atoms with van der Waals surface area (Å²) in [4.78, 5) is 12.3. The van der Waals surface area contributed by atoms with E-state index in [-0.39, 0.29) is 47.6 Å². The summed E-state index contributed by atoms with van der Waals surface area (Å²) >= 11 is -0.295. The Morgan fingerprint density at radius 2 is 1.93 bits per heavy atom. The second kappa shape index (κ2) is 10.2. The molecule has 4 rings (SSSR count). The third-order valence-electron chi connectivity index (χ3n) is 4.95. The van der Waals surface area contributed by atoms with Crippen molar-refractivity contribution < 1.29 is 43.1 Å². The van der Waals surface area contributed by atoms with Gasteiger partial charge >= 0.3 is 0 Å². The number of aryl methyl sites for hydroxylation is 1. The number of hydrogen-bond acceptors (Lipinski definition) is 8. The van der Waals surface area contributed by atoms with Crippen LogP contribution in [0.15, 0.2) is 43.0 Å². The van der Waals surface area contributed by atoms with Crippen LogP contribution in [0.3, 0.4) is 0 Å². The zero-order valence-corrected chi connectivity index (χ0v) is 19.3. The van der Waals surface area contributed by atoms with E-state index < -0.39 is 24.5 Å². The van der Waals surface area contributed by atoms with Gasteiger partial charge in [-0.25, -0.2) is 15.0 Å². The van der Waals surface area contributed by atoms with Crippen LogP contribution >= 0.6 is 0 Å². The molecule has 162 valence electrons. The number of rotatable bonds is 7. The second-order valence-electron chi connectivity index (χ2n) is 6.93. The zero-order valence-electron chi connectivity index (χ0n) is 16.3. The number of imidazole rings is 1. The lowest BCUT2D eigenvalue weighted by atomic mass is 10.1. The lowest BCUT2D eigenvalue weighted by molar-refractivity contribution is -0.0458. The summed E-state index contributed by atoms with van der Waals surface area (Å²) < 4.78 is 13.4. The second-order valence-corrected chi connectivity index (χ2v) is 8.72. The number of benzene rings is 1. The Morgan fingerprint density at radius 3 is 2.70 bits per heavy atom. The number of fused-ring (bicyclic) bond motifs is 1. The standard InChI is InChI=1S/C19H24N5O4S.HI/c1-29(8-7-12-5-3-2-4-6-12)27-9-13-15(25)16(26)19(28-13)24-11-23-14-17(20)21-10-22-18(14)24;/h2-6,10-11,13,15-16,19,25-26H,7-9H2,1H3,(H2,20,21,22);1H/q+1;/p-1/t13-,15-,16-,19-,29?;/m1./s1. The summed E-state index contributed by atoms with van der Waals surface area (Å²) in [5.74, 6) is 1.12. The first kappa shape index (κ1) is 23.2. The van der Waals surface area contributed by atoms with E-state index in [1.165, 1.54) is 18.2 Å². The highest BCUT2D eigenvalue weighted by molar-refractivity contribution is 7.91. The maximum Gasteiger partial charge on any atom is 0.167 e. The van der Waals surface area contributed by atoms with Gasteiger partial charge in [0.1, 0.15) is 59.9 Å². The van der Waals surface area contributed by atoms with E-state index >= 15 is 0 Å². The molecule has 2 aromatic heterocycles. The molecule has 1 unspecified atom stereocenters. The van der Waals surface area contributed by atoms with Gasteiger partial charge in [-0.3, -0.25) is 4.57 Å². The summed E-state index contributed by atoms with van der Waals surface area (Å²) in [7, 11) is 0. The van der Waals surface area contributed by atoms with E-state index in [0.29, 0.717) is 11.2 Å². The van der Waals surface area contributed by atoms with Crippen LogP contribution in [0.4, 0.5) is 5.82 Å². The van der Waals surface area contributed by atoms with Crippen LogP contribution in [0.2, 0.25) is 0 Å². The predicted molar refractivity (Wildman–Crippen MR) is 110 cm³/mol. The Morgan fingerprint density at radius 1 is 1.17 bits per heavy atom. The number of hydrogen-bond donors (Lipinski definition) is 3. The first-order valence-corrected chi connectivity index (χ1v) is 11.0. The lowest BCUT2D eigenvalue weighted by Gasteiger charge is -2.16. The molecule has 1 aromatic carbocycles. The Hall–Kier alpha value is -1.51. The molecule has 0 spiro atoms. The Bertz CT molecular complexity index is 963. The van der Waals surface area contributed by atoms with Gasteiger partial charge in [0, 0.05) is 6.42 Å². The molecule has 1 aliphatic rings. The minimum atomic E-state index is -1.14. The molecule has 4 N–H and O–H groups in total. The molecular weight excluding hydrogens is 521 g/mol. The van der Waals surface area contributed by atoms with Crippen molar-refractivity contribution in [1.29, 1.82) is 0 Å². The number of aromatic nitrogens is 4. The fraction of sp³-hybridized carbons (Fsp3) is 0.421. The normalized spacial score (nSPS) is 24.6. The van der Waals surface area contributed by atoms with Crippen LogP contribution in [-0.2, 0) is 26.5 Å². The van der Waals surface area contributed by atoms with Gasteiger partial charge in [0.2, 0.25) is 0 Å². The molecule has 0 radical (unpaired) electrons. The highest BCUT2D eigenvalue weighted by Crippen LogP contribution is 2.32. The van der Waals surface area contributed by atoms with Gasteiger partial charge in [-0.2, -0.15) is 4.18 Å². The summed E-state index contributed by atoms with van der Waals surface area (Å²) in [5.41, 5.74) is 7.93. The van der Waals surface area contributed by atoms with Crippen LogP contribution in [0.1, 0.15) is 11.8 Å².